The third-order valence-electron chi connectivity index (χ3n) is 15.2. The smallest absolute Gasteiger partial charge is 0.295 e. The number of aromatic nitrogens is 4. The second kappa shape index (κ2) is 40.6. The van der Waals surface area contributed by atoms with Crippen LogP contribution in [-0.4, -0.2) is 93.0 Å². The summed E-state index contributed by atoms with van der Waals surface area (Å²) >= 11 is 6.20. The van der Waals surface area contributed by atoms with Crippen LogP contribution in [0.3, 0.4) is 0 Å². The van der Waals surface area contributed by atoms with Crippen LogP contribution < -0.4 is 42.5 Å². The summed E-state index contributed by atoms with van der Waals surface area (Å²) in [5.41, 5.74) is 13.6. The van der Waals surface area contributed by atoms with E-state index in [2.05, 4.69) is 116 Å². The molecule has 0 bridgehead atoms. The van der Waals surface area contributed by atoms with Crippen molar-refractivity contribution in [2.24, 2.45) is 0 Å². The van der Waals surface area contributed by atoms with Gasteiger partial charge in [0.15, 0.2) is 5.82 Å². The predicted octanol–water partition coefficient (Wildman–Crippen LogP) is 12.9. The zero-order chi connectivity index (χ0) is 77.4. The fourth-order valence-corrected chi connectivity index (χ4v) is 13.8. The highest BCUT2D eigenvalue weighted by molar-refractivity contribution is 7.19. The summed E-state index contributed by atoms with van der Waals surface area (Å²) in [5, 5.41) is 47.4. The van der Waals surface area contributed by atoms with E-state index in [9.17, 15) is 33.8 Å². The Morgan fingerprint density at radius 1 is 0.385 bits per heavy atom. The van der Waals surface area contributed by atoms with Crippen molar-refractivity contribution in [3.8, 4) is 108 Å². The Kier molecular flexibility index (Phi) is 29.6. The van der Waals surface area contributed by atoms with Crippen LogP contribution in [0.15, 0.2) is 152 Å². The molecule has 4 aromatic heterocycles. The van der Waals surface area contributed by atoms with Gasteiger partial charge >= 0.3 is 0 Å². The number of anilines is 4. The Labute approximate surface area is 647 Å². The Hall–Kier alpha value is -13.6. The molecule has 0 fully saturated rings. The van der Waals surface area contributed by atoms with Crippen molar-refractivity contribution in [1.29, 1.82) is 0 Å². The number of hydrogen-bond donors (Lipinski definition) is 10. The van der Waals surface area contributed by atoms with Gasteiger partial charge in [0.25, 0.3) is 23.6 Å². The number of terminal acetylenes is 4. The molecule has 0 saturated carbocycles. The number of phenolic OH excluding ortho intramolecular Hbond substituents is 2. The van der Waals surface area contributed by atoms with Crippen LogP contribution in [0, 0.1) is 130 Å². The van der Waals surface area contributed by atoms with Crippen LogP contribution >= 0.6 is 45.3 Å². The van der Waals surface area contributed by atoms with Crippen molar-refractivity contribution in [1.82, 2.24) is 41.2 Å². The summed E-state index contributed by atoms with van der Waals surface area (Å²) in [5.74, 6) is 30.9. The van der Waals surface area contributed by atoms with Crippen molar-refractivity contribution >= 4 is 133 Å². The highest BCUT2D eigenvalue weighted by Gasteiger charge is 2.11. The lowest BCUT2D eigenvalue weighted by Crippen LogP contribution is -2.23. The van der Waals surface area contributed by atoms with Gasteiger partial charge in [0.1, 0.15) is 28.0 Å². The summed E-state index contributed by atoms with van der Waals surface area (Å²) in [4.78, 5) is 61.6. The van der Waals surface area contributed by atoms with Crippen molar-refractivity contribution in [2.75, 3.05) is 60.5 Å². The quantitative estimate of drug-likeness (QED) is 0.0359. The van der Waals surface area contributed by atoms with E-state index in [4.69, 9.17) is 25.7 Å². The average molecular weight is 1520 g/mol. The van der Waals surface area contributed by atoms with E-state index in [0.29, 0.717) is 87.3 Å². The number of thiazole rings is 4. The summed E-state index contributed by atoms with van der Waals surface area (Å²) < 4.78 is 17.9. The Balaban J connectivity index is 0.000000168. The number of fused-ring (bicyclic) bond motifs is 4. The number of phenols is 2. The molecule has 0 spiro atoms. The van der Waals surface area contributed by atoms with E-state index >= 15 is 0 Å². The van der Waals surface area contributed by atoms with Crippen LogP contribution in [0.2, 0.25) is 0 Å². The maximum atomic E-state index is 14.1. The number of carbonyl (C=O) groups excluding carboxylic acids is 4. The van der Waals surface area contributed by atoms with Gasteiger partial charge in [-0.15, -0.1) is 71.0 Å². The van der Waals surface area contributed by atoms with Gasteiger partial charge in [-0.1, -0.05) is 95.9 Å². The Bertz CT molecular complexity index is 5620. The molecule has 8 aromatic carbocycles. The van der Waals surface area contributed by atoms with Gasteiger partial charge in [-0.3, -0.25) is 19.2 Å². The third kappa shape index (κ3) is 25.6. The van der Waals surface area contributed by atoms with Crippen LogP contribution in [0.5, 0.6) is 11.5 Å². The number of amides is 4. The van der Waals surface area contributed by atoms with Gasteiger partial charge in [0.2, 0.25) is 0 Å². The fraction of sp³-hybridized carbons (Fsp3) is 0.163. The molecule has 0 aliphatic heterocycles. The summed E-state index contributed by atoms with van der Waals surface area (Å²) in [6.07, 6.45) is 21.5. The molecule has 0 aliphatic rings. The molecular weight excluding hydrogens is 1440 g/mol. The number of benzene rings is 8. The maximum absolute atomic E-state index is 14.1. The van der Waals surface area contributed by atoms with Crippen molar-refractivity contribution in [2.45, 2.75) is 53.6 Å². The van der Waals surface area contributed by atoms with Crippen molar-refractivity contribution in [3.63, 3.8) is 0 Å². The van der Waals surface area contributed by atoms with Crippen LogP contribution in [0.1, 0.15) is 64.5 Å². The minimum atomic E-state index is -0.445. The van der Waals surface area contributed by atoms with E-state index in [1.54, 1.807) is 23.5 Å². The van der Waals surface area contributed by atoms with E-state index in [0.717, 1.165) is 106 Å². The zero-order valence-electron chi connectivity index (χ0n) is 59.6. The molecule has 18 nitrogen and oxygen atoms in total. The van der Waals surface area contributed by atoms with E-state index in [1.165, 1.54) is 40.1 Å². The monoisotopic (exact) mass is 1510 g/mol. The van der Waals surface area contributed by atoms with Gasteiger partial charge in [0, 0.05) is 71.2 Å². The van der Waals surface area contributed by atoms with Gasteiger partial charge < -0.3 is 52.7 Å². The number of hydrogen-bond acceptors (Lipinski definition) is 18. The lowest BCUT2D eigenvalue weighted by molar-refractivity contribution is -0.116. The molecule has 10 N–H and O–H groups in total. The summed E-state index contributed by atoms with van der Waals surface area (Å²) in [6.45, 7) is 11.3. The number of halogens is 1. The minimum absolute atomic E-state index is 0.156. The average Bonchev–Trinajstić information content (AvgIpc) is 1.69. The third-order valence-corrected chi connectivity index (χ3v) is 18.9. The van der Waals surface area contributed by atoms with Crippen molar-refractivity contribution in [3.05, 3.63) is 222 Å². The zero-order valence-corrected chi connectivity index (χ0v) is 62.9. The second-order valence-electron chi connectivity index (χ2n) is 23.5. The highest BCUT2D eigenvalue weighted by Crippen LogP contribution is 2.32. The normalized spacial score (nSPS) is 9.95. The molecule has 12 rings (SSSR count). The number of rotatable bonds is 18. The van der Waals surface area contributed by atoms with Gasteiger partial charge in [-0.2, -0.15) is 0 Å². The molecule has 4 heterocycles. The molecule has 0 unspecified atom stereocenters. The predicted molar refractivity (Wildman–Crippen MR) is 440 cm³/mol. The lowest BCUT2D eigenvalue weighted by atomic mass is 10.1. The number of aryl methyl sites for hydroxylation is 4. The number of aromatic hydroxyl groups is 2. The van der Waals surface area contributed by atoms with Crippen LogP contribution in [-0.2, 0) is 45.1 Å². The second-order valence-corrected chi connectivity index (χ2v) is 28.4. The number of nitrogens with one attached hydrogen (secondary N) is 8. The summed E-state index contributed by atoms with van der Waals surface area (Å²) in [7, 11) is 0. The van der Waals surface area contributed by atoms with Gasteiger partial charge in [-0.25, -0.2) is 24.3 Å². The minimum Gasteiger partial charge on any atom is -0.506 e. The Morgan fingerprint density at radius 3 is 1.13 bits per heavy atom. The topological polar surface area (TPSA) is 257 Å². The lowest BCUT2D eigenvalue weighted by Gasteiger charge is -2.06. The first kappa shape index (κ1) is 79.5. The first-order valence-corrected chi connectivity index (χ1v) is 36.9. The number of carbonyl (C=O) groups is 4. The molecule has 12 aromatic rings. The SMILES string of the molecule is C#CC(=O)NCCc1cccc(NCC#Cc2cc(O)c3nc(C)sc3c2)c1.C#CC(=O)NCCc1cccc(NCC#Cc2cc(O)c3nc(C)sc3c2)c1.C#CC(=O)NCc1cccc(NCC#Cc2cc(F)c3nc(C)sc3c2)c1.C#CC(=O)NCc1cccc(NCC#Cc2ccc3nc(C)sc3c2)c1. The molecule has 23 heteroatoms. The molecule has 0 aliphatic carbocycles. The Morgan fingerprint density at radius 2 is 0.716 bits per heavy atom. The van der Waals surface area contributed by atoms with Crippen LogP contribution in [0.25, 0.3) is 40.9 Å². The molecule has 4 amide bonds. The molecule has 109 heavy (non-hydrogen) atoms. The first-order valence-electron chi connectivity index (χ1n) is 33.7. The van der Waals surface area contributed by atoms with E-state index < -0.39 is 23.6 Å². The highest BCUT2D eigenvalue weighted by atomic mass is 32.1. The van der Waals surface area contributed by atoms with Crippen molar-refractivity contribution < 1.29 is 33.8 Å². The van der Waals surface area contributed by atoms with E-state index in [-0.39, 0.29) is 17.3 Å². The molecule has 0 saturated heterocycles. The first-order chi connectivity index (χ1) is 52.8. The molecule has 0 atom stereocenters. The molecular formula is C86H71FN12O6S4. The van der Waals surface area contributed by atoms with Crippen LogP contribution in [0.4, 0.5) is 27.1 Å². The molecule has 0 radical (unpaired) electrons. The van der Waals surface area contributed by atoms with Gasteiger partial charge in [-0.05, 0) is 190 Å². The van der Waals surface area contributed by atoms with E-state index in [1.807, 2.05) is 179 Å². The number of nitrogens with zero attached hydrogens (tertiary/aromatic N) is 4. The fourth-order valence-electron chi connectivity index (χ4n) is 10.3. The van der Waals surface area contributed by atoms with Gasteiger partial charge in [0.05, 0.1) is 70.5 Å². The molecule has 542 valence electrons. The standard InChI is InChI=1S/2C22H19N3O2S.C21H16FN3OS.C21H17N3OS/c2*1-3-21(27)24-11-9-16-6-4-8-18(12-16)23-10-5-7-17-13-19(26)22-20(14-17)28-15(2)25-22;1-3-20(26)24-13-16-6-4-8-17(10-16)23-9-5-7-15-11-18(22)21-19(12-15)27-14(2)25-21;1-3-21(25)23-14-17-6-4-8-18(12-17)22-11-5-7-16-9-10-19-20(13-16)26-15(2)24-19/h2*1,4,6,8,12-14,23,26H,9-11H2,2H3,(H,24,27);1,4,6,8,10-12,23H,9,13H2,2H3,(H,24,26);1,4,6,8-10,12-13,22H,11,14H2,2H3,(H,23,25). The maximum Gasteiger partial charge on any atom is 0.295 e. The summed E-state index contributed by atoms with van der Waals surface area (Å²) in [6, 6.07) is 47.7. The largest absolute Gasteiger partial charge is 0.506 e.